The van der Waals surface area contributed by atoms with Crippen LogP contribution in [-0.2, 0) is 4.79 Å². The molecule has 2 heterocycles. The van der Waals surface area contributed by atoms with E-state index in [1.54, 1.807) is 0 Å². The predicted octanol–water partition coefficient (Wildman–Crippen LogP) is 0.982. The molecule has 1 amide bonds. The molecule has 0 aromatic rings. The van der Waals surface area contributed by atoms with Gasteiger partial charge in [-0.05, 0) is 38.3 Å². The first kappa shape index (κ1) is 10.4. The number of rotatable bonds is 2. The average molecular weight is 261 g/mol. The number of hydrogen-bond acceptors (Lipinski definition) is 2. The molecule has 0 spiro atoms. The van der Waals surface area contributed by atoms with Gasteiger partial charge in [-0.2, -0.15) is 0 Å². The van der Waals surface area contributed by atoms with Crippen LogP contribution in [0.25, 0.3) is 0 Å². The summed E-state index contributed by atoms with van der Waals surface area (Å²) in [5.74, 6) is 1.02. The van der Waals surface area contributed by atoms with Crippen molar-refractivity contribution in [3.63, 3.8) is 0 Å². The summed E-state index contributed by atoms with van der Waals surface area (Å²) in [7, 11) is 0. The van der Waals surface area contributed by atoms with Gasteiger partial charge in [-0.3, -0.25) is 4.79 Å². The molecule has 2 fully saturated rings. The molecule has 0 aromatic carbocycles. The lowest BCUT2D eigenvalue weighted by Crippen LogP contribution is -2.37. The number of halogens is 1. The largest absolute Gasteiger partial charge is 0.341 e. The number of likely N-dealkylation sites (tertiary alicyclic amines) is 1. The molecule has 14 heavy (non-hydrogen) atoms. The Labute approximate surface area is 93.4 Å². The zero-order valence-corrected chi connectivity index (χ0v) is 9.92. The van der Waals surface area contributed by atoms with Gasteiger partial charge in [-0.25, -0.2) is 0 Å². The van der Waals surface area contributed by atoms with Crippen LogP contribution in [0.1, 0.15) is 19.3 Å². The van der Waals surface area contributed by atoms with Crippen LogP contribution in [0.5, 0.6) is 0 Å². The standard InChI is InChI=1S/C10H17BrN2O/c11-9-3-6-13(10(9)14)7-8-1-4-12-5-2-8/h8-9,12H,1-7H2. The van der Waals surface area contributed by atoms with Crippen molar-refractivity contribution in [2.45, 2.75) is 24.1 Å². The number of nitrogens with one attached hydrogen (secondary N) is 1. The third-order valence-electron chi connectivity index (χ3n) is 3.17. The van der Waals surface area contributed by atoms with Gasteiger partial charge in [-0.1, -0.05) is 15.9 Å². The quantitative estimate of drug-likeness (QED) is 0.751. The van der Waals surface area contributed by atoms with Crippen LogP contribution in [0.4, 0.5) is 0 Å². The SMILES string of the molecule is O=C1C(Br)CCN1CC1CCNCC1. The van der Waals surface area contributed by atoms with E-state index in [9.17, 15) is 4.79 Å². The Bertz CT molecular complexity index is 216. The smallest absolute Gasteiger partial charge is 0.236 e. The van der Waals surface area contributed by atoms with Crippen molar-refractivity contribution in [3.05, 3.63) is 0 Å². The van der Waals surface area contributed by atoms with Crippen molar-refractivity contribution in [1.82, 2.24) is 10.2 Å². The number of nitrogens with zero attached hydrogens (tertiary/aromatic N) is 1. The van der Waals surface area contributed by atoms with Gasteiger partial charge in [0.1, 0.15) is 0 Å². The normalized spacial score (nSPS) is 29.9. The van der Waals surface area contributed by atoms with Gasteiger partial charge in [0.25, 0.3) is 0 Å². The molecule has 2 aliphatic rings. The van der Waals surface area contributed by atoms with Gasteiger partial charge in [0, 0.05) is 13.1 Å². The fourth-order valence-corrected chi connectivity index (χ4v) is 2.75. The Balaban J connectivity index is 1.82. The van der Waals surface area contributed by atoms with E-state index in [-0.39, 0.29) is 4.83 Å². The summed E-state index contributed by atoms with van der Waals surface area (Å²) < 4.78 is 0. The lowest BCUT2D eigenvalue weighted by Gasteiger charge is -2.27. The third kappa shape index (κ3) is 2.28. The minimum atomic E-state index is 0.0872. The van der Waals surface area contributed by atoms with Gasteiger partial charge in [0.15, 0.2) is 0 Å². The number of carbonyl (C=O) groups excluding carboxylic acids is 1. The van der Waals surface area contributed by atoms with Crippen molar-refractivity contribution in [1.29, 1.82) is 0 Å². The molecule has 0 aliphatic carbocycles. The fraction of sp³-hybridized carbons (Fsp3) is 0.900. The summed E-state index contributed by atoms with van der Waals surface area (Å²) in [4.78, 5) is 13.8. The lowest BCUT2D eigenvalue weighted by atomic mass is 9.98. The van der Waals surface area contributed by atoms with Crippen LogP contribution >= 0.6 is 15.9 Å². The molecule has 0 aromatic heterocycles. The summed E-state index contributed by atoms with van der Waals surface area (Å²) in [6.07, 6.45) is 3.41. The van der Waals surface area contributed by atoms with E-state index in [0.29, 0.717) is 5.91 Å². The second kappa shape index (κ2) is 4.62. The molecule has 1 atom stereocenters. The van der Waals surface area contributed by atoms with Crippen LogP contribution in [0.15, 0.2) is 0 Å². The zero-order chi connectivity index (χ0) is 9.97. The molecule has 2 aliphatic heterocycles. The summed E-state index contributed by atoms with van der Waals surface area (Å²) in [5, 5.41) is 3.35. The van der Waals surface area contributed by atoms with Gasteiger partial charge in [-0.15, -0.1) is 0 Å². The molecule has 2 rings (SSSR count). The number of alkyl halides is 1. The van der Waals surface area contributed by atoms with E-state index < -0.39 is 0 Å². The maximum Gasteiger partial charge on any atom is 0.236 e. The predicted molar refractivity (Wildman–Crippen MR) is 59.5 cm³/mol. The minimum Gasteiger partial charge on any atom is -0.341 e. The highest BCUT2D eigenvalue weighted by Gasteiger charge is 2.30. The Morgan fingerprint density at radius 1 is 1.36 bits per heavy atom. The van der Waals surface area contributed by atoms with Crippen LogP contribution in [-0.4, -0.2) is 41.8 Å². The summed E-state index contributed by atoms with van der Waals surface area (Å²) in [5.41, 5.74) is 0. The average Bonchev–Trinajstić information content (AvgIpc) is 2.52. The molecule has 2 saturated heterocycles. The number of piperidine rings is 1. The van der Waals surface area contributed by atoms with E-state index in [2.05, 4.69) is 21.2 Å². The van der Waals surface area contributed by atoms with Gasteiger partial charge in [0.05, 0.1) is 4.83 Å². The first-order chi connectivity index (χ1) is 6.77. The molecule has 4 heteroatoms. The van der Waals surface area contributed by atoms with Crippen molar-refractivity contribution >= 4 is 21.8 Å². The fourth-order valence-electron chi connectivity index (χ4n) is 2.26. The van der Waals surface area contributed by atoms with E-state index in [1.807, 2.05) is 4.90 Å². The maximum atomic E-state index is 11.6. The van der Waals surface area contributed by atoms with Gasteiger partial charge < -0.3 is 10.2 Å². The second-order valence-corrected chi connectivity index (χ2v) is 5.34. The Hall–Kier alpha value is -0.0900. The maximum absolute atomic E-state index is 11.6. The topological polar surface area (TPSA) is 32.3 Å². The highest BCUT2D eigenvalue weighted by atomic mass is 79.9. The first-order valence-electron chi connectivity index (χ1n) is 5.41. The van der Waals surface area contributed by atoms with Crippen LogP contribution in [0, 0.1) is 5.92 Å². The third-order valence-corrected chi connectivity index (χ3v) is 4.02. The Kier molecular flexibility index (Phi) is 3.44. The molecule has 80 valence electrons. The molecular formula is C10H17BrN2O. The molecule has 0 radical (unpaired) electrons. The highest BCUT2D eigenvalue weighted by Crippen LogP contribution is 2.22. The van der Waals surface area contributed by atoms with Gasteiger partial charge in [0.2, 0.25) is 5.91 Å². The summed E-state index contributed by atoms with van der Waals surface area (Å²) >= 11 is 3.41. The molecule has 0 saturated carbocycles. The second-order valence-electron chi connectivity index (χ2n) is 4.23. The molecule has 1 N–H and O–H groups in total. The Morgan fingerprint density at radius 2 is 2.07 bits per heavy atom. The Morgan fingerprint density at radius 3 is 2.64 bits per heavy atom. The zero-order valence-electron chi connectivity index (χ0n) is 8.34. The molecule has 0 bridgehead atoms. The highest BCUT2D eigenvalue weighted by molar-refractivity contribution is 9.10. The summed E-state index contributed by atoms with van der Waals surface area (Å²) in [6.45, 7) is 4.15. The van der Waals surface area contributed by atoms with Crippen LogP contribution < -0.4 is 5.32 Å². The van der Waals surface area contributed by atoms with Crippen LogP contribution in [0.2, 0.25) is 0 Å². The van der Waals surface area contributed by atoms with Crippen molar-refractivity contribution in [2.24, 2.45) is 5.92 Å². The minimum absolute atomic E-state index is 0.0872. The number of amides is 1. The van der Waals surface area contributed by atoms with E-state index in [0.717, 1.165) is 38.5 Å². The monoisotopic (exact) mass is 260 g/mol. The van der Waals surface area contributed by atoms with Gasteiger partial charge >= 0.3 is 0 Å². The first-order valence-corrected chi connectivity index (χ1v) is 6.32. The number of hydrogen-bond donors (Lipinski definition) is 1. The number of carbonyl (C=O) groups is 1. The van der Waals surface area contributed by atoms with Crippen LogP contribution in [0.3, 0.4) is 0 Å². The van der Waals surface area contributed by atoms with Crippen molar-refractivity contribution in [2.75, 3.05) is 26.2 Å². The summed E-state index contributed by atoms with van der Waals surface area (Å²) in [6, 6.07) is 0. The molecular weight excluding hydrogens is 244 g/mol. The van der Waals surface area contributed by atoms with E-state index in [4.69, 9.17) is 0 Å². The lowest BCUT2D eigenvalue weighted by molar-refractivity contribution is -0.127. The van der Waals surface area contributed by atoms with Crippen molar-refractivity contribution in [3.8, 4) is 0 Å². The van der Waals surface area contributed by atoms with E-state index >= 15 is 0 Å². The van der Waals surface area contributed by atoms with Crippen molar-refractivity contribution < 1.29 is 4.79 Å². The molecule has 1 unspecified atom stereocenters. The van der Waals surface area contributed by atoms with E-state index in [1.165, 1.54) is 12.8 Å². The molecule has 3 nitrogen and oxygen atoms in total.